The lowest BCUT2D eigenvalue weighted by molar-refractivity contribution is -0.384. The molecule has 128 valence electrons. The summed E-state index contributed by atoms with van der Waals surface area (Å²) in [4.78, 5) is 13.0. The third-order valence-electron chi connectivity index (χ3n) is 4.22. The summed E-state index contributed by atoms with van der Waals surface area (Å²) < 4.78 is 23.1. The van der Waals surface area contributed by atoms with Crippen molar-refractivity contribution in [1.29, 1.82) is 0 Å². The molecule has 1 N–H and O–H groups in total. The van der Waals surface area contributed by atoms with Gasteiger partial charge in [-0.05, 0) is 44.9 Å². The van der Waals surface area contributed by atoms with Crippen molar-refractivity contribution < 1.29 is 13.3 Å². The van der Waals surface area contributed by atoms with E-state index in [9.17, 15) is 18.5 Å². The lowest BCUT2D eigenvalue weighted by Crippen LogP contribution is -2.29. The molecule has 1 aliphatic rings. The summed E-state index contributed by atoms with van der Waals surface area (Å²) >= 11 is 0. The van der Waals surface area contributed by atoms with Crippen LogP contribution >= 0.6 is 0 Å². The average molecular weight is 341 g/mol. The average Bonchev–Trinajstić information content (AvgIpc) is 2.92. The minimum atomic E-state index is -3.46. The predicted octanol–water partition coefficient (Wildman–Crippen LogP) is 2.14. The first-order chi connectivity index (χ1) is 10.7. The van der Waals surface area contributed by atoms with E-state index in [0.717, 1.165) is 31.8 Å². The van der Waals surface area contributed by atoms with Crippen molar-refractivity contribution in [1.82, 2.24) is 4.90 Å². The molecule has 0 aromatic heterocycles. The van der Waals surface area contributed by atoms with Crippen LogP contribution < -0.4 is 5.32 Å². The molecule has 7 nitrogen and oxygen atoms in total. The Hall–Kier alpha value is -1.67. The van der Waals surface area contributed by atoms with Crippen LogP contribution in [0.1, 0.15) is 20.3 Å². The number of hydrogen-bond acceptors (Lipinski definition) is 6. The standard InChI is InChI=1S/C15H23N3O4S/c1-11(2)17-7-6-12(10-17)9-16-14-5-4-13(23(3,21)22)8-15(14)18(19)20/h4-5,8,11-12,16H,6-7,9-10H2,1-3H3. The zero-order valence-corrected chi connectivity index (χ0v) is 14.5. The van der Waals surface area contributed by atoms with Gasteiger partial charge in [0, 0.05) is 31.5 Å². The second kappa shape index (κ2) is 6.84. The van der Waals surface area contributed by atoms with Crippen LogP contribution in [0, 0.1) is 16.0 Å². The Balaban J connectivity index is 2.10. The van der Waals surface area contributed by atoms with E-state index in [4.69, 9.17) is 0 Å². The molecule has 1 unspecified atom stereocenters. The molecule has 0 radical (unpaired) electrons. The molecule has 0 bridgehead atoms. The first-order valence-electron chi connectivity index (χ1n) is 7.65. The van der Waals surface area contributed by atoms with Crippen LogP contribution in [0.4, 0.5) is 11.4 Å². The first-order valence-corrected chi connectivity index (χ1v) is 9.54. The smallest absolute Gasteiger partial charge is 0.293 e. The summed E-state index contributed by atoms with van der Waals surface area (Å²) in [7, 11) is -3.46. The van der Waals surface area contributed by atoms with E-state index in [1.54, 1.807) is 0 Å². The third-order valence-corrected chi connectivity index (χ3v) is 5.33. The Morgan fingerprint density at radius 1 is 1.43 bits per heavy atom. The maximum Gasteiger partial charge on any atom is 0.293 e. The molecule has 0 aliphatic carbocycles. The molecule has 1 atom stereocenters. The van der Waals surface area contributed by atoms with Gasteiger partial charge in [0.1, 0.15) is 5.69 Å². The van der Waals surface area contributed by atoms with Crippen molar-refractivity contribution in [2.24, 2.45) is 5.92 Å². The van der Waals surface area contributed by atoms with Gasteiger partial charge in [0.05, 0.1) is 9.82 Å². The molecule has 2 rings (SSSR count). The lowest BCUT2D eigenvalue weighted by atomic mass is 10.1. The second-order valence-electron chi connectivity index (χ2n) is 6.33. The Labute approximate surface area is 136 Å². The number of rotatable bonds is 6. The quantitative estimate of drug-likeness (QED) is 0.629. The fourth-order valence-corrected chi connectivity index (χ4v) is 3.44. The van der Waals surface area contributed by atoms with E-state index in [0.29, 0.717) is 24.2 Å². The molecule has 0 amide bonds. The molecule has 0 spiro atoms. The van der Waals surface area contributed by atoms with Crippen molar-refractivity contribution in [3.63, 3.8) is 0 Å². The van der Waals surface area contributed by atoms with Crippen LogP contribution in [0.5, 0.6) is 0 Å². The first kappa shape index (κ1) is 17.7. The number of sulfone groups is 1. The Morgan fingerprint density at radius 2 is 2.13 bits per heavy atom. The molecule has 1 aromatic carbocycles. The molecule has 23 heavy (non-hydrogen) atoms. The van der Waals surface area contributed by atoms with Gasteiger partial charge in [0.2, 0.25) is 0 Å². The Bertz CT molecular complexity index is 688. The van der Waals surface area contributed by atoms with Crippen molar-refractivity contribution in [3.8, 4) is 0 Å². The van der Waals surface area contributed by atoms with E-state index in [1.165, 1.54) is 12.1 Å². The third kappa shape index (κ3) is 4.42. The highest BCUT2D eigenvalue weighted by Gasteiger charge is 2.25. The minimum Gasteiger partial charge on any atom is -0.379 e. The van der Waals surface area contributed by atoms with Gasteiger partial charge in [0.25, 0.3) is 5.69 Å². The number of nitrogens with one attached hydrogen (secondary N) is 1. The number of likely N-dealkylation sites (tertiary alicyclic amines) is 1. The van der Waals surface area contributed by atoms with Gasteiger partial charge >= 0.3 is 0 Å². The van der Waals surface area contributed by atoms with Crippen molar-refractivity contribution in [2.75, 3.05) is 31.2 Å². The molecule has 1 aromatic rings. The predicted molar refractivity (Wildman–Crippen MR) is 89.5 cm³/mol. The fraction of sp³-hybridized carbons (Fsp3) is 0.600. The van der Waals surface area contributed by atoms with E-state index >= 15 is 0 Å². The largest absolute Gasteiger partial charge is 0.379 e. The van der Waals surface area contributed by atoms with Crippen LogP contribution in [0.15, 0.2) is 23.1 Å². The topological polar surface area (TPSA) is 92.6 Å². The Kier molecular flexibility index (Phi) is 5.26. The molecule has 1 saturated heterocycles. The number of nitro groups is 1. The number of anilines is 1. The number of nitrogens with zero attached hydrogens (tertiary/aromatic N) is 2. The highest BCUT2D eigenvalue weighted by atomic mass is 32.2. The maximum atomic E-state index is 11.5. The van der Waals surface area contributed by atoms with E-state index in [1.807, 2.05) is 0 Å². The fourth-order valence-electron chi connectivity index (χ4n) is 2.80. The summed E-state index contributed by atoms with van der Waals surface area (Å²) in [5, 5.41) is 14.3. The summed E-state index contributed by atoms with van der Waals surface area (Å²) in [5.41, 5.74) is 0.164. The van der Waals surface area contributed by atoms with Gasteiger partial charge in [-0.15, -0.1) is 0 Å². The maximum absolute atomic E-state index is 11.5. The minimum absolute atomic E-state index is 0.0402. The SMILES string of the molecule is CC(C)N1CCC(CNc2ccc(S(C)(=O)=O)cc2[N+](=O)[O-])C1. The van der Waals surface area contributed by atoms with Gasteiger partial charge < -0.3 is 10.2 Å². The van der Waals surface area contributed by atoms with Crippen LogP contribution in [0.25, 0.3) is 0 Å². The van der Waals surface area contributed by atoms with Gasteiger partial charge in [-0.3, -0.25) is 10.1 Å². The molecule has 0 saturated carbocycles. The zero-order chi connectivity index (χ0) is 17.2. The van der Waals surface area contributed by atoms with E-state index < -0.39 is 14.8 Å². The number of nitro benzene ring substituents is 1. The van der Waals surface area contributed by atoms with Crippen molar-refractivity contribution >= 4 is 21.2 Å². The summed E-state index contributed by atoms with van der Waals surface area (Å²) in [6.07, 6.45) is 2.10. The molecule has 8 heteroatoms. The summed E-state index contributed by atoms with van der Waals surface area (Å²) in [5.74, 6) is 0.437. The molecule has 1 heterocycles. The van der Waals surface area contributed by atoms with Crippen molar-refractivity contribution in [3.05, 3.63) is 28.3 Å². The van der Waals surface area contributed by atoms with Crippen molar-refractivity contribution in [2.45, 2.75) is 31.2 Å². The van der Waals surface area contributed by atoms with Gasteiger partial charge in [-0.25, -0.2) is 8.42 Å². The molecule has 1 fully saturated rings. The Morgan fingerprint density at radius 3 is 2.65 bits per heavy atom. The van der Waals surface area contributed by atoms with Crippen LogP contribution in [0.3, 0.4) is 0 Å². The highest BCUT2D eigenvalue weighted by molar-refractivity contribution is 7.90. The van der Waals surface area contributed by atoms with Gasteiger partial charge in [-0.1, -0.05) is 0 Å². The highest BCUT2D eigenvalue weighted by Crippen LogP contribution is 2.28. The lowest BCUT2D eigenvalue weighted by Gasteiger charge is -2.20. The van der Waals surface area contributed by atoms with Crippen LogP contribution in [0.2, 0.25) is 0 Å². The van der Waals surface area contributed by atoms with Crippen LogP contribution in [-0.4, -0.2) is 50.2 Å². The molecular formula is C15H23N3O4S. The summed E-state index contributed by atoms with van der Waals surface area (Å²) in [6.45, 7) is 6.97. The molecular weight excluding hydrogens is 318 g/mol. The number of benzene rings is 1. The number of hydrogen-bond donors (Lipinski definition) is 1. The van der Waals surface area contributed by atoms with Crippen LogP contribution in [-0.2, 0) is 9.84 Å². The zero-order valence-electron chi connectivity index (χ0n) is 13.7. The van der Waals surface area contributed by atoms with Gasteiger partial charge in [-0.2, -0.15) is 0 Å². The van der Waals surface area contributed by atoms with E-state index in [2.05, 4.69) is 24.1 Å². The normalized spacial score (nSPS) is 19.2. The molecule has 1 aliphatic heterocycles. The monoisotopic (exact) mass is 341 g/mol. The van der Waals surface area contributed by atoms with E-state index in [-0.39, 0.29) is 10.6 Å². The second-order valence-corrected chi connectivity index (χ2v) is 8.35. The van der Waals surface area contributed by atoms with Gasteiger partial charge in [0.15, 0.2) is 9.84 Å². The summed E-state index contributed by atoms with van der Waals surface area (Å²) in [6, 6.07) is 4.50.